The molecular weight excluding hydrogens is 300 g/mol. The Morgan fingerprint density at radius 1 is 1.21 bits per heavy atom. The Kier molecular flexibility index (Phi) is 5.60. The fraction of sp³-hybridized carbons (Fsp3) is 0.400. The van der Waals surface area contributed by atoms with Crippen molar-refractivity contribution in [3.63, 3.8) is 0 Å². The van der Waals surface area contributed by atoms with Crippen LogP contribution in [0.15, 0.2) is 42.6 Å². The third-order valence-electron chi connectivity index (χ3n) is 4.05. The third kappa shape index (κ3) is 4.57. The van der Waals surface area contributed by atoms with E-state index in [2.05, 4.69) is 50.1 Å². The lowest BCUT2D eigenvalue weighted by molar-refractivity contribution is -0.122. The van der Waals surface area contributed by atoms with Gasteiger partial charge in [-0.05, 0) is 35.6 Å². The number of aromatic nitrogens is 1. The Hall–Kier alpha value is -2.36. The van der Waals surface area contributed by atoms with Crippen LogP contribution in [-0.2, 0) is 11.2 Å². The van der Waals surface area contributed by atoms with E-state index in [0.717, 1.165) is 11.3 Å². The molecule has 0 bridgehead atoms. The Morgan fingerprint density at radius 2 is 1.92 bits per heavy atom. The summed E-state index contributed by atoms with van der Waals surface area (Å²) in [5.74, 6) is 0.655. The zero-order chi connectivity index (χ0) is 17.7. The van der Waals surface area contributed by atoms with E-state index in [1.807, 2.05) is 24.3 Å². The highest BCUT2D eigenvalue weighted by molar-refractivity contribution is 5.78. The average molecular weight is 326 g/mol. The van der Waals surface area contributed by atoms with E-state index in [0.29, 0.717) is 5.75 Å². The lowest BCUT2D eigenvalue weighted by atomic mass is 9.80. The van der Waals surface area contributed by atoms with Gasteiger partial charge in [0.15, 0.2) is 0 Å². The van der Waals surface area contributed by atoms with Gasteiger partial charge in [-0.2, -0.15) is 0 Å². The number of amides is 1. The summed E-state index contributed by atoms with van der Waals surface area (Å²) in [7, 11) is 1.60. The summed E-state index contributed by atoms with van der Waals surface area (Å²) in [6.45, 7) is 8.48. The molecule has 1 heterocycles. The van der Waals surface area contributed by atoms with E-state index >= 15 is 0 Å². The Bertz CT molecular complexity index is 688. The summed E-state index contributed by atoms with van der Waals surface area (Å²) in [5, 5.41) is 3.18. The van der Waals surface area contributed by atoms with Crippen molar-refractivity contribution in [3.05, 3.63) is 59.4 Å². The second-order valence-electron chi connectivity index (χ2n) is 7.09. The van der Waals surface area contributed by atoms with Crippen molar-refractivity contribution >= 4 is 5.91 Å². The molecule has 1 atom stereocenters. The molecule has 0 radical (unpaired) electrons. The number of hydrogen-bond acceptors (Lipinski definition) is 3. The van der Waals surface area contributed by atoms with Crippen molar-refractivity contribution < 1.29 is 9.53 Å². The van der Waals surface area contributed by atoms with Gasteiger partial charge in [-0.25, -0.2) is 0 Å². The van der Waals surface area contributed by atoms with Crippen molar-refractivity contribution in [1.82, 2.24) is 10.3 Å². The first kappa shape index (κ1) is 18.0. The number of hydrogen-bond donors (Lipinski definition) is 1. The van der Waals surface area contributed by atoms with Crippen LogP contribution in [0.5, 0.6) is 5.75 Å². The van der Waals surface area contributed by atoms with Gasteiger partial charge in [-0.3, -0.25) is 9.78 Å². The van der Waals surface area contributed by atoms with Crippen molar-refractivity contribution in [2.24, 2.45) is 5.41 Å². The number of rotatable bonds is 5. The zero-order valence-electron chi connectivity index (χ0n) is 15.1. The van der Waals surface area contributed by atoms with E-state index in [-0.39, 0.29) is 23.8 Å². The number of methoxy groups -OCH3 is 1. The topological polar surface area (TPSA) is 51.2 Å². The third-order valence-corrected chi connectivity index (χ3v) is 4.05. The van der Waals surface area contributed by atoms with Crippen molar-refractivity contribution in [3.8, 4) is 5.75 Å². The number of pyridine rings is 1. The van der Waals surface area contributed by atoms with Crippen LogP contribution < -0.4 is 10.1 Å². The van der Waals surface area contributed by atoms with Crippen LogP contribution in [0.25, 0.3) is 0 Å². The monoisotopic (exact) mass is 326 g/mol. The number of nitrogens with zero attached hydrogens (tertiary/aromatic N) is 1. The highest BCUT2D eigenvalue weighted by Crippen LogP contribution is 2.34. The molecule has 0 unspecified atom stereocenters. The summed E-state index contributed by atoms with van der Waals surface area (Å²) in [5.41, 5.74) is 2.97. The lowest BCUT2D eigenvalue weighted by Gasteiger charge is -2.33. The van der Waals surface area contributed by atoms with Gasteiger partial charge >= 0.3 is 0 Å². The van der Waals surface area contributed by atoms with Crippen LogP contribution in [0.1, 0.15) is 43.6 Å². The highest BCUT2D eigenvalue weighted by atomic mass is 16.5. The first-order valence-electron chi connectivity index (χ1n) is 8.15. The molecule has 24 heavy (non-hydrogen) atoms. The zero-order valence-corrected chi connectivity index (χ0v) is 15.1. The van der Waals surface area contributed by atoms with Crippen LogP contribution >= 0.6 is 0 Å². The average Bonchev–Trinajstić information content (AvgIpc) is 2.53. The minimum Gasteiger partial charge on any atom is -0.495 e. The molecule has 0 fully saturated rings. The second-order valence-corrected chi connectivity index (χ2v) is 7.09. The number of carbonyl (C=O) groups excluding carboxylic acids is 1. The standard InChI is InChI=1S/C20H26N2O2/c1-14-8-6-7-9-17(14)19(20(2,3)4)22-18(23)12-15-10-11-16(24-5)13-21-15/h6-11,13,19H,12H2,1-5H3,(H,22,23)/t19-/m1/s1. The molecule has 0 saturated heterocycles. The molecule has 2 rings (SSSR count). The second kappa shape index (κ2) is 7.47. The van der Waals surface area contributed by atoms with Gasteiger partial charge in [0.05, 0.1) is 25.8 Å². The fourth-order valence-electron chi connectivity index (χ4n) is 2.68. The molecule has 4 nitrogen and oxygen atoms in total. The molecule has 1 aromatic carbocycles. The number of benzene rings is 1. The van der Waals surface area contributed by atoms with Crippen LogP contribution in [0.2, 0.25) is 0 Å². The van der Waals surface area contributed by atoms with Crippen molar-refractivity contribution in [2.45, 2.75) is 40.2 Å². The maximum Gasteiger partial charge on any atom is 0.226 e. The Labute approximate surface area is 144 Å². The molecule has 0 aliphatic heterocycles. The highest BCUT2D eigenvalue weighted by Gasteiger charge is 2.28. The van der Waals surface area contributed by atoms with E-state index < -0.39 is 0 Å². The molecule has 0 aliphatic carbocycles. The summed E-state index contributed by atoms with van der Waals surface area (Å²) in [6, 6.07) is 11.8. The smallest absolute Gasteiger partial charge is 0.226 e. The molecule has 1 aromatic heterocycles. The van der Waals surface area contributed by atoms with E-state index in [1.165, 1.54) is 5.56 Å². The largest absolute Gasteiger partial charge is 0.495 e. The first-order chi connectivity index (χ1) is 11.3. The van der Waals surface area contributed by atoms with Gasteiger partial charge in [0.2, 0.25) is 5.91 Å². The predicted octanol–water partition coefficient (Wildman–Crippen LogP) is 3.84. The molecule has 0 aliphatic rings. The molecule has 0 spiro atoms. The van der Waals surface area contributed by atoms with Crippen LogP contribution in [0, 0.1) is 12.3 Å². The van der Waals surface area contributed by atoms with Gasteiger partial charge in [0.1, 0.15) is 5.75 Å². The molecule has 1 N–H and O–H groups in total. The summed E-state index contributed by atoms with van der Waals surface area (Å²) in [4.78, 5) is 16.8. The summed E-state index contributed by atoms with van der Waals surface area (Å²) < 4.78 is 5.09. The predicted molar refractivity (Wildman–Crippen MR) is 96.0 cm³/mol. The number of ether oxygens (including phenoxy) is 1. The Morgan fingerprint density at radius 3 is 2.46 bits per heavy atom. The molecule has 1 amide bonds. The number of carbonyl (C=O) groups is 1. The minimum atomic E-state index is -0.0882. The molecule has 128 valence electrons. The first-order valence-corrected chi connectivity index (χ1v) is 8.15. The number of nitrogens with one attached hydrogen (secondary N) is 1. The fourth-order valence-corrected chi connectivity index (χ4v) is 2.68. The SMILES string of the molecule is COc1ccc(CC(=O)N[C@H](c2ccccc2C)C(C)(C)C)nc1. The van der Waals surface area contributed by atoms with Crippen LogP contribution in [-0.4, -0.2) is 18.0 Å². The van der Waals surface area contributed by atoms with Gasteiger partial charge in [-0.1, -0.05) is 45.0 Å². The normalized spacial score (nSPS) is 12.5. The van der Waals surface area contributed by atoms with Crippen molar-refractivity contribution in [1.29, 1.82) is 0 Å². The number of aryl methyl sites for hydroxylation is 1. The minimum absolute atomic E-state index is 0.0316. The van der Waals surface area contributed by atoms with Crippen LogP contribution in [0.4, 0.5) is 0 Å². The van der Waals surface area contributed by atoms with Gasteiger partial charge in [0.25, 0.3) is 0 Å². The van der Waals surface area contributed by atoms with E-state index in [4.69, 9.17) is 4.74 Å². The molecular formula is C20H26N2O2. The Balaban J connectivity index is 2.14. The van der Waals surface area contributed by atoms with Crippen LogP contribution in [0.3, 0.4) is 0 Å². The molecule has 4 heteroatoms. The van der Waals surface area contributed by atoms with Gasteiger partial charge in [0, 0.05) is 5.69 Å². The van der Waals surface area contributed by atoms with Crippen molar-refractivity contribution in [2.75, 3.05) is 7.11 Å². The lowest BCUT2D eigenvalue weighted by Crippen LogP contribution is -2.38. The summed E-state index contributed by atoms with van der Waals surface area (Å²) in [6.07, 6.45) is 1.88. The summed E-state index contributed by atoms with van der Waals surface area (Å²) >= 11 is 0. The molecule has 2 aromatic rings. The van der Waals surface area contributed by atoms with Gasteiger partial charge in [-0.15, -0.1) is 0 Å². The van der Waals surface area contributed by atoms with Gasteiger partial charge < -0.3 is 10.1 Å². The maximum absolute atomic E-state index is 12.5. The van der Waals surface area contributed by atoms with E-state index in [9.17, 15) is 4.79 Å². The van der Waals surface area contributed by atoms with E-state index in [1.54, 1.807) is 13.3 Å². The maximum atomic E-state index is 12.5. The molecule has 0 saturated carbocycles. The quantitative estimate of drug-likeness (QED) is 0.908.